The molecule has 0 fully saturated rings. The minimum Gasteiger partial charge on any atom is -0.329 e. The van der Waals surface area contributed by atoms with Crippen molar-refractivity contribution in [2.75, 3.05) is 6.54 Å². The van der Waals surface area contributed by atoms with E-state index in [1.807, 2.05) is 18.2 Å². The molecule has 2 aromatic rings. The van der Waals surface area contributed by atoms with Crippen LogP contribution in [0.15, 0.2) is 52.1 Å². The summed E-state index contributed by atoms with van der Waals surface area (Å²) in [5.74, 6) is 0. The molecule has 0 bridgehead atoms. The third-order valence-electron chi connectivity index (χ3n) is 2.54. The number of rotatable bonds is 4. The minimum absolute atomic E-state index is 0.0875. The van der Waals surface area contributed by atoms with Gasteiger partial charge in [-0.2, -0.15) is 0 Å². The van der Waals surface area contributed by atoms with Gasteiger partial charge in [0.25, 0.3) is 0 Å². The van der Waals surface area contributed by atoms with Gasteiger partial charge in [-0.15, -0.1) is 11.3 Å². The molecule has 0 unspecified atom stereocenters. The van der Waals surface area contributed by atoms with E-state index in [4.69, 9.17) is 5.73 Å². The van der Waals surface area contributed by atoms with E-state index in [9.17, 15) is 8.42 Å². The summed E-state index contributed by atoms with van der Waals surface area (Å²) in [6.45, 7) is 0.0875. The van der Waals surface area contributed by atoms with Gasteiger partial charge in [0.15, 0.2) is 9.84 Å². The maximum absolute atomic E-state index is 12.4. The van der Waals surface area contributed by atoms with Gasteiger partial charge in [-0.05, 0) is 17.0 Å². The van der Waals surface area contributed by atoms with Gasteiger partial charge in [-0.1, -0.05) is 36.4 Å². The molecule has 1 aromatic heterocycles. The Kier molecular flexibility index (Phi) is 3.61. The molecular formula is C12H13NO2S2. The molecule has 0 aliphatic rings. The summed E-state index contributed by atoms with van der Waals surface area (Å²) in [4.78, 5) is 0. The second kappa shape index (κ2) is 5.00. The molecule has 1 atom stereocenters. The molecule has 0 spiro atoms. The fourth-order valence-electron chi connectivity index (χ4n) is 1.68. The van der Waals surface area contributed by atoms with Crippen LogP contribution < -0.4 is 5.73 Å². The fourth-order valence-corrected chi connectivity index (χ4v) is 4.49. The topological polar surface area (TPSA) is 60.2 Å². The Balaban J connectivity index is 2.44. The summed E-state index contributed by atoms with van der Waals surface area (Å²) in [6.07, 6.45) is 0. The van der Waals surface area contributed by atoms with Crippen LogP contribution in [0, 0.1) is 0 Å². The van der Waals surface area contributed by atoms with Gasteiger partial charge >= 0.3 is 0 Å². The van der Waals surface area contributed by atoms with Crippen LogP contribution in [-0.4, -0.2) is 15.0 Å². The summed E-state index contributed by atoms with van der Waals surface area (Å²) in [5, 5.41) is 1.09. The number of hydrogen-bond donors (Lipinski definition) is 1. The smallest absolute Gasteiger partial charge is 0.195 e. The Morgan fingerprint density at radius 2 is 1.82 bits per heavy atom. The SMILES string of the molecule is NC[C@@H](c1ccccc1)S(=O)(=O)c1cccs1. The Hall–Kier alpha value is -1.17. The summed E-state index contributed by atoms with van der Waals surface area (Å²) in [7, 11) is -3.37. The molecule has 3 nitrogen and oxygen atoms in total. The lowest BCUT2D eigenvalue weighted by molar-refractivity contribution is 0.584. The molecule has 1 aromatic carbocycles. The minimum atomic E-state index is -3.37. The summed E-state index contributed by atoms with van der Waals surface area (Å²) in [6, 6.07) is 12.4. The van der Waals surface area contributed by atoms with Crippen LogP contribution in [0.3, 0.4) is 0 Å². The lowest BCUT2D eigenvalue weighted by Gasteiger charge is -2.14. The molecule has 0 amide bonds. The van der Waals surface area contributed by atoms with Gasteiger partial charge < -0.3 is 5.73 Å². The first kappa shape index (κ1) is 12.3. The maximum atomic E-state index is 12.4. The monoisotopic (exact) mass is 267 g/mol. The molecule has 0 saturated heterocycles. The molecular weight excluding hydrogens is 254 g/mol. The molecule has 0 aliphatic heterocycles. The normalized spacial score (nSPS) is 13.5. The van der Waals surface area contributed by atoms with Crippen LogP contribution in [0.4, 0.5) is 0 Å². The van der Waals surface area contributed by atoms with Gasteiger partial charge in [-0.3, -0.25) is 0 Å². The first-order valence-electron chi connectivity index (χ1n) is 5.18. The number of hydrogen-bond acceptors (Lipinski definition) is 4. The lowest BCUT2D eigenvalue weighted by atomic mass is 10.1. The van der Waals surface area contributed by atoms with E-state index in [-0.39, 0.29) is 6.54 Å². The quantitative estimate of drug-likeness (QED) is 0.924. The average molecular weight is 267 g/mol. The Bertz CT molecular complexity index is 562. The van der Waals surface area contributed by atoms with Crippen molar-refractivity contribution >= 4 is 21.2 Å². The van der Waals surface area contributed by atoms with Gasteiger partial charge in [-0.25, -0.2) is 8.42 Å². The number of benzene rings is 1. The number of thiophene rings is 1. The Morgan fingerprint density at radius 3 is 2.35 bits per heavy atom. The first-order valence-corrected chi connectivity index (χ1v) is 7.61. The van der Waals surface area contributed by atoms with Crippen molar-refractivity contribution in [3.8, 4) is 0 Å². The Morgan fingerprint density at radius 1 is 1.12 bits per heavy atom. The van der Waals surface area contributed by atoms with Crippen molar-refractivity contribution in [3.05, 3.63) is 53.4 Å². The van der Waals surface area contributed by atoms with Gasteiger partial charge in [0, 0.05) is 6.54 Å². The second-order valence-corrected chi connectivity index (χ2v) is 6.92. The third kappa shape index (κ3) is 2.41. The van der Waals surface area contributed by atoms with Crippen LogP contribution in [0.2, 0.25) is 0 Å². The van der Waals surface area contributed by atoms with Crippen LogP contribution in [0.25, 0.3) is 0 Å². The highest BCUT2D eigenvalue weighted by Crippen LogP contribution is 2.30. The van der Waals surface area contributed by atoms with E-state index in [0.717, 1.165) is 5.56 Å². The summed E-state index contributed by atoms with van der Waals surface area (Å²) in [5.41, 5.74) is 6.36. The molecule has 2 rings (SSSR count). The first-order chi connectivity index (χ1) is 8.16. The predicted octanol–water partition coefficient (Wildman–Crippen LogP) is 2.22. The van der Waals surface area contributed by atoms with Crippen LogP contribution in [0.1, 0.15) is 10.8 Å². The largest absolute Gasteiger partial charge is 0.329 e. The van der Waals surface area contributed by atoms with E-state index >= 15 is 0 Å². The Labute approximate surface area is 105 Å². The van der Waals surface area contributed by atoms with Gasteiger partial charge in [0.1, 0.15) is 9.46 Å². The molecule has 0 aliphatic carbocycles. The van der Waals surface area contributed by atoms with E-state index in [2.05, 4.69) is 0 Å². The third-order valence-corrected chi connectivity index (χ3v) is 6.09. The average Bonchev–Trinajstić information content (AvgIpc) is 2.85. The zero-order valence-electron chi connectivity index (χ0n) is 9.11. The highest BCUT2D eigenvalue weighted by Gasteiger charge is 2.28. The molecule has 1 heterocycles. The highest BCUT2D eigenvalue weighted by molar-refractivity contribution is 7.93. The number of nitrogens with two attached hydrogens (primary N) is 1. The number of sulfone groups is 1. The van der Waals surface area contributed by atoms with E-state index < -0.39 is 15.1 Å². The summed E-state index contributed by atoms with van der Waals surface area (Å²) >= 11 is 1.22. The summed E-state index contributed by atoms with van der Waals surface area (Å²) < 4.78 is 25.1. The van der Waals surface area contributed by atoms with Gasteiger partial charge in [0.2, 0.25) is 0 Å². The fraction of sp³-hybridized carbons (Fsp3) is 0.167. The molecule has 2 N–H and O–H groups in total. The van der Waals surface area contributed by atoms with Crippen molar-refractivity contribution in [2.45, 2.75) is 9.46 Å². The van der Waals surface area contributed by atoms with Crippen molar-refractivity contribution in [1.29, 1.82) is 0 Å². The lowest BCUT2D eigenvalue weighted by Crippen LogP contribution is -2.21. The van der Waals surface area contributed by atoms with Crippen LogP contribution >= 0.6 is 11.3 Å². The molecule has 17 heavy (non-hydrogen) atoms. The standard InChI is InChI=1S/C12H13NO2S2/c13-9-11(10-5-2-1-3-6-10)17(14,15)12-7-4-8-16-12/h1-8,11H,9,13H2/t11-/m0/s1. The highest BCUT2D eigenvalue weighted by atomic mass is 32.2. The predicted molar refractivity (Wildman–Crippen MR) is 69.7 cm³/mol. The maximum Gasteiger partial charge on any atom is 0.195 e. The zero-order valence-corrected chi connectivity index (χ0v) is 10.7. The van der Waals surface area contributed by atoms with Crippen LogP contribution in [0.5, 0.6) is 0 Å². The molecule has 90 valence electrons. The van der Waals surface area contributed by atoms with Crippen molar-refractivity contribution < 1.29 is 8.42 Å². The van der Waals surface area contributed by atoms with Crippen molar-refractivity contribution in [2.24, 2.45) is 5.73 Å². The van der Waals surface area contributed by atoms with E-state index in [1.165, 1.54) is 11.3 Å². The van der Waals surface area contributed by atoms with E-state index in [1.54, 1.807) is 29.6 Å². The molecule has 5 heteroatoms. The van der Waals surface area contributed by atoms with E-state index in [0.29, 0.717) is 4.21 Å². The molecule has 0 saturated carbocycles. The van der Waals surface area contributed by atoms with Crippen LogP contribution in [-0.2, 0) is 9.84 Å². The van der Waals surface area contributed by atoms with Gasteiger partial charge in [0.05, 0.1) is 0 Å². The van der Waals surface area contributed by atoms with Crippen molar-refractivity contribution in [3.63, 3.8) is 0 Å². The zero-order chi connectivity index (χ0) is 12.3. The van der Waals surface area contributed by atoms with Crippen molar-refractivity contribution in [1.82, 2.24) is 0 Å². The second-order valence-electron chi connectivity index (χ2n) is 3.61. The molecule has 0 radical (unpaired) electrons.